The number of hydrogen-bond donors (Lipinski definition) is 3. The summed E-state index contributed by atoms with van der Waals surface area (Å²) >= 11 is 0. The average Bonchev–Trinajstić information content (AvgIpc) is 3.15. The third-order valence-electron chi connectivity index (χ3n) is 4.78. The molecule has 0 unspecified atom stereocenters. The Hall–Kier alpha value is -2.81. The minimum absolute atomic E-state index is 0.0145. The van der Waals surface area contributed by atoms with Crippen molar-refractivity contribution in [3.63, 3.8) is 0 Å². The first-order valence-electron chi connectivity index (χ1n) is 9.99. The number of ether oxygens (including phenoxy) is 2. The van der Waals surface area contributed by atoms with E-state index >= 15 is 0 Å². The van der Waals surface area contributed by atoms with E-state index in [0.29, 0.717) is 38.2 Å². The van der Waals surface area contributed by atoms with Crippen LogP contribution in [0, 0.1) is 5.41 Å². The monoisotopic (exact) mass is 422 g/mol. The fourth-order valence-electron chi connectivity index (χ4n) is 3.24. The maximum absolute atomic E-state index is 13.0. The largest absolute Gasteiger partial charge is 0.493 e. The zero-order valence-electron chi connectivity index (χ0n) is 17.6. The third-order valence-corrected chi connectivity index (χ3v) is 4.78. The van der Waals surface area contributed by atoms with E-state index in [0.717, 1.165) is 0 Å². The van der Waals surface area contributed by atoms with Crippen molar-refractivity contribution in [2.24, 2.45) is 5.41 Å². The van der Waals surface area contributed by atoms with Crippen LogP contribution in [0.5, 0.6) is 11.5 Å². The van der Waals surface area contributed by atoms with Gasteiger partial charge in [-0.1, -0.05) is 26.8 Å². The van der Waals surface area contributed by atoms with Crippen molar-refractivity contribution in [2.75, 3.05) is 19.8 Å². The van der Waals surface area contributed by atoms with E-state index in [9.17, 15) is 19.5 Å². The van der Waals surface area contributed by atoms with Gasteiger partial charge in [0.05, 0.1) is 6.61 Å². The number of nitrogens with one attached hydrogen (secondary N) is 1. The van der Waals surface area contributed by atoms with Crippen LogP contribution in [0.25, 0.3) is 0 Å². The van der Waals surface area contributed by atoms with Gasteiger partial charge in [-0.25, -0.2) is 9.59 Å². The van der Waals surface area contributed by atoms with Crippen molar-refractivity contribution in [3.8, 4) is 11.5 Å². The Morgan fingerprint density at radius 1 is 1.27 bits per heavy atom. The van der Waals surface area contributed by atoms with Gasteiger partial charge in [0.25, 0.3) is 0 Å². The van der Waals surface area contributed by atoms with Gasteiger partial charge in [-0.2, -0.15) is 0 Å². The second kappa shape index (κ2) is 10.3. The molecule has 1 heterocycles. The molecule has 30 heavy (non-hydrogen) atoms. The van der Waals surface area contributed by atoms with Crippen LogP contribution in [-0.4, -0.2) is 64.9 Å². The lowest BCUT2D eigenvalue weighted by Gasteiger charge is -2.34. The molecule has 0 saturated carbocycles. The van der Waals surface area contributed by atoms with E-state index in [1.54, 1.807) is 39.0 Å². The molecule has 166 valence electrons. The van der Waals surface area contributed by atoms with Crippen molar-refractivity contribution in [1.82, 2.24) is 10.2 Å². The summed E-state index contributed by atoms with van der Waals surface area (Å²) in [5.74, 6) is -0.767. The highest BCUT2D eigenvalue weighted by Crippen LogP contribution is 2.26. The first kappa shape index (κ1) is 23.5. The van der Waals surface area contributed by atoms with Crippen molar-refractivity contribution >= 4 is 18.0 Å². The van der Waals surface area contributed by atoms with E-state index in [2.05, 4.69) is 5.32 Å². The Morgan fingerprint density at radius 2 is 1.97 bits per heavy atom. The minimum Gasteiger partial charge on any atom is -0.493 e. The molecule has 1 fully saturated rings. The molecule has 2 atom stereocenters. The first-order chi connectivity index (χ1) is 14.1. The number of carbonyl (C=O) groups excluding carboxylic acids is 2. The van der Waals surface area contributed by atoms with Crippen LogP contribution < -0.4 is 14.8 Å². The van der Waals surface area contributed by atoms with Gasteiger partial charge in [0.1, 0.15) is 23.6 Å². The second-order valence-corrected chi connectivity index (χ2v) is 8.26. The number of aliphatic hydroxyl groups excluding tert-OH is 1. The Bertz CT molecular complexity index is 760. The molecule has 1 aliphatic rings. The van der Waals surface area contributed by atoms with Crippen LogP contribution in [0.3, 0.4) is 0 Å². The Labute approximate surface area is 176 Å². The van der Waals surface area contributed by atoms with E-state index < -0.39 is 35.5 Å². The summed E-state index contributed by atoms with van der Waals surface area (Å²) in [5.41, 5.74) is -0.656. The van der Waals surface area contributed by atoms with Gasteiger partial charge in [0.2, 0.25) is 5.91 Å². The summed E-state index contributed by atoms with van der Waals surface area (Å²) in [6, 6.07) is 4.63. The molecule has 9 heteroatoms. The standard InChI is InChI=1S/C21H30N2O7/c1-21(2,3)17(18(25)23-10-5-9-16(23)19(26)27)22-20(28)30-15-8-4-7-14(13-15)29-12-6-11-24/h4,7-8,13,16-17,24H,5-6,9-12H2,1-3H3,(H,22,28)(H,26,27)/t16-,17+/m0/s1. The molecule has 0 aliphatic carbocycles. The molecule has 9 nitrogen and oxygen atoms in total. The summed E-state index contributed by atoms with van der Waals surface area (Å²) < 4.78 is 10.8. The Morgan fingerprint density at radius 3 is 2.60 bits per heavy atom. The Kier molecular flexibility index (Phi) is 8.05. The number of nitrogens with zero attached hydrogens (tertiary/aromatic N) is 1. The molecule has 2 rings (SSSR count). The maximum Gasteiger partial charge on any atom is 0.413 e. The molecular formula is C21H30N2O7. The van der Waals surface area contributed by atoms with Crippen molar-refractivity contribution in [2.45, 2.75) is 52.1 Å². The highest BCUT2D eigenvalue weighted by Gasteiger charge is 2.42. The van der Waals surface area contributed by atoms with Gasteiger partial charge in [-0.15, -0.1) is 0 Å². The zero-order valence-corrected chi connectivity index (χ0v) is 17.6. The zero-order chi connectivity index (χ0) is 22.3. The van der Waals surface area contributed by atoms with E-state index in [4.69, 9.17) is 14.6 Å². The Balaban J connectivity index is 2.06. The van der Waals surface area contributed by atoms with Crippen molar-refractivity contribution < 1.29 is 34.1 Å². The fourth-order valence-corrected chi connectivity index (χ4v) is 3.24. The number of amides is 2. The molecule has 1 aromatic rings. The van der Waals surface area contributed by atoms with Crippen LogP contribution in [0.1, 0.15) is 40.0 Å². The van der Waals surface area contributed by atoms with Crippen LogP contribution in [0.15, 0.2) is 24.3 Å². The molecule has 0 radical (unpaired) electrons. The number of carbonyl (C=O) groups is 3. The summed E-state index contributed by atoms with van der Waals surface area (Å²) in [7, 11) is 0. The van der Waals surface area contributed by atoms with Gasteiger partial charge < -0.3 is 29.9 Å². The van der Waals surface area contributed by atoms with Gasteiger partial charge in [-0.05, 0) is 30.4 Å². The summed E-state index contributed by atoms with van der Waals surface area (Å²) in [5, 5.41) is 20.8. The molecule has 1 aromatic carbocycles. The maximum atomic E-state index is 13.0. The lowest BCUT2D eigenvalue weighted by Crippen LogP contribution is -2.57. The van der Waals surface area contributed by atoms with E-state index in [1.807, 2.05) is 0 Å². The SMILES string of the molecule is CC(C)(C)[C@H](NC(=O)Oc1cccc(OCCCO)c1)C(=O)N1CCC[C@H]1C(=O)O. The van der Waals surface area contributed by atoms with Crippen LogP contribution in [0.4, 0.5) is 4.79 Å². The minimum atomic E-state index is -1.05. The third kappa shape index (κ3) is 6.35. The van der Waals surface area contributed by atoms with Gasteiger partial charge in [-0.3, -0.25) is 4.79 Å². The quantitative estimate of drug-likeness (QED) is 0.547. The van der Waals surface area contributed by atoms with Crippen LogP contribution >= 0.6 is 0 Å². The number of rotatable bonds is 8. The molecule has 1 saturated heterocycles. The van der Waals surface area contributed by atoms with Crippen LogP contribution in [0.2, 0.25) is 0 Å². The summed E-state index contributed by atoms with van der Waals surface area (Å²) in [6.45, 7) is 6.05. The molecule has 0 aromatic heterocycles. The lowest BCUT2D eigenvalue weighted by atomic mass is 9.85. The number of aliphatic carboxylic acids is 1. The van der Waals surface area contributed by atoms with Crippen molar-refractivity contribution in [1.29, 1.82) is 0 Å². The number of aliphatic hydroxyl groups is 1. The van der Waals surface area contributed by atoms with Gasteiger partial charge >= 0.3 is 12.1 Å². The predicted octanol–water partition coefficient (Wildman–Crippen LogP) is 2.03. The molecule has 1 aliphatic heterocycles. The number of benzene rings is 1. The number of carboxylic acids is 1. The van der Waals surface area contributed by atoms with E-state index in [1.165, 1.54) is 11.0 Å². The molecule has 0 bridgehead atoms. The van der Waals surface area contributed by atoms with Gasteiger partial charge in [0.15, 0.2) is 0 Å². The molecule has 2 amide bonds. The van der Waals surface area contributed by atoms with Gasteiger partial charge in [0, 0.05) is 25.6 Å². The normalized spacial score (nSPS) is 17.3. The number of hydrogen-bond acceptors (Lipinski definition) is 6. The smallest absolute Gasteiger partial charge is 0.413 e. The second-order valence-electron chi connectivity index (χ2n) is 8.26. The molecule has 3 N–H and O–H groups in total. The average molecular weight is 422 g/mol. The molecular weight excluding hydrogens is 392 g/mol. The summed E-state index contributed by atoms with van der Waals surface area (Å²) in [4.78, 5) is 38.3. The van der Waals surface area contributed by atoms with Crippen molar-refractivity contribution in [3.05, 3.63) is 24.3 Å². The first-order valence-corrected chi connectivity index (χ1v) is 9.99. The lowest BCUT2D eigenvalue weighted by molar-refractivity contribution is -0.150. The topological polar surface area (TPSA) is 125 Å². The highest BCUT2D eigenvalue weighted by molar-refractivity contribution is 5.90. The molecule has 0 spiro atoms. The predicted molar refractivity (Wildman–Crippen MR) is 108 cm³/mol. The highest BCUT2D eigenvalue weighted by atomic mass is 16.6. The number of carboxylic acid groups (broad SMARTS) is 1. The summed E-state index contributed by atoms with van der Waals surface area (Å²) in [6.07, 6.45) is 0.662. The number of likely N-dealkylation sites (tertiary alicyclic amines) is 1. The fraction of sp³-hybridized carbons (Fsp3) is 0.571. The van der Waals surface area contributed by atoms with Crippen LogP contribution in [-0.2, 0) is 9.59 Å². The van der Waals surface area contributed by atoms with E-state index in [-0.39, 0.29) is 12.4 Å².